The van der Waals surface area contributed by atoms with Gasteiger partial charge in [-0.1, -0.05) is 6.92 Å². The number of rotatable bonds is 5. The second-order valence-corrected chi connectivity index (χ2v) is 2.59. The lowest BCUT2D eigenvalue weighted by Crippen LogP contribution is -2.37. The standard InChI is InChI=1S/C7H16O4/c1-2-5(3-8)7(11)6(10)4-9/h5-11H,2-4H2,1H3. The van der Waals surface area contributed by atoms with Crippen molar-refractivity contribution in [3.8, 4) is 0 Å². The van der Waals surface area contributed by atoms with Gasteiger partial charge < -0.3 is 20.4 Å². The van der Waals surface area contributed by atoms with Crippen molar-refractivity contribution in [2.45, 2.75) is 25.6 Å². The number of aliphatic hydroxyl groups excluding tert-OH is 4. The van der Waals surface area contributed by atoms with Crippen molar-refractivity contribution >= 4 is 0 Å². The van der Waals surface area contributed by atoms with Crippen LogP contribution in [0.5, 0.6) is 0 Å². The summed E-state index contributed by atoms with van der Waals surface area (Å²) < 4.78 is 0. The van der Waals surface area contributed by atoms with Crippen molar-refractivity contribution in [2.24, 2.45) is 5.92 Å². The Hall–Kier alpha value is -0.160. The fraction of sp³-hybridized carbons (Fsp3) is 1.00. The zero-order valence-corrected chi connectivity index (χ0v) is 6.64. The number of aliphatic hydroxyl groups is 4. The topological polar surface area (TPSA) is 80.9 Å². The van der Waals surface area contributed by atoms with E-state index in [1.807, 2.05) is 0 Å². The molecule has 0 amide bonds. The Balaban J connectivity index is 3.86. The van der Waals surface area contributed by atoms with E-state index in [0.717, 1.165) is 0 Å². The third kappa shape index (κ3) is 3.16. The molecule has 0 aromatic rings. The summed E-state index contributed by atoms with van der Waals surface area (Å²) in [6.45, 7) is 1.15. The van der Waals surface area contributed by atoms with E-state index < -0.39 is 18.8 Å². The summed E-state index contributed by atoms with van der Waals surface area (Å²) in [5, 5.41) is 35.3. The minimum Gasteiger partial charge on any atom is -0.396 e. The highest BCUT2D eigenvalue weighted by molar-refractivity contribution is 4.73. The first-order valence-electron chi connectivity index (χ1n) is 3.75. The van der Waals surface area contributed by atoms with Crippen LogP contribution in [0.1, 0.15) is 13.3 Å². The molecule has 0 rings (SSSR count). The molecule has 3 atom stereocenters. The molecule has 0 aromatic carbocycles. The monoisotopic (exact) mass is 164 g/mol. The third-order valence-corrected chi connectivity index (χ3v) is 1.82. The molecule has 0 saturated carbocycles. The summed E-state index contributed by atoms with van der Waals surface area (Å²) in [7, 11) is 0. The molecular formula is C7H16O4. The number of hydrogen-bond donors (Lipinski definition) is 4. The van der Waals surface area contributed by atoms with Crippen LogP contribution in [-0.2, 0) is 0 Å². The highest BCUT2D eigenvalue weighted by Gasteiger charge is 2.23. The molecule has 0 radical (unpaired) electrons. The Morgan fingerprint density at radius 1 is 1.09 bits per heavy atom. The molecular weight excluding hydrogens is 148 g/mol. The van der Waals surface area contributed by atoms with E-state index in [4.69, 9.17) is 15.3 Å². The van der Waals surface area contributed by atoms with Gasteiger partial charge in [-0.3, -0.25) is 0 Å². The van der Waals surface area contributed by atoms with Gasteiger partial charge in [0.15, 0.2) is 0 Å². The van der Waals surface area contributed by atoms with Gasteiger partial charge in [0.05, 0.1) is 12.7 Å². The van der Waals surface area contributed by atoms with Crippen molar-refractivity contribution in [2.75, 3.05) is 13.2 Å². The summed E-state index contributed by atoms with van der Waals surface area (Å²) in [6, 6.07) is 0. The molecule has 0 bridgehead atoms. The van der Waals surface area contributed by atoms with Crippen molar-refractivity contribution in [3.63, 3.8) is 0 Å². The maximum Gasteiger partial charge on any atom is 0.103 e. The van der Waals surface area contributed by atoms with Crippen LogP contribution in [0.3, 0.4) is 0 Å². The van der Waals surface area contributed by atoms with E-state index in [-0.39, 0.29) is 12.5 Å². The summed E-state index contributed by atoms with van der Waals surface area (Å²) in [6.07, 6.45) is -1.60. The quantitative estimate of drug-likeness (QED) is 0.408. The molecule has 0 aliphatic rings. The Kier molecular flexibility index (Phi) is 5.41. The van der Waals surface area contributed by atoms with Gasteiger partial charge >= 0.3 is 0 Å². The van der Waals surface area contributed by atoms with Gasteiger partial charge in [0.2, 0.25) is 0 Å². The summed E-state index contributed by atoms with van der Waals surface area (Å²) >= 11 is 0. The molecule has 68 valence electrons. The first-order chi connectivity index (χ1) is 5.17. The SMILES string of the molecule is CCC(CO)C(O)C(O)CO. The molecule has 3 unspecified atom stereocenters. The second-order valence-electron chi connectivity index (χ2n) is 2.59. The molecule has 0 aliphatic heterocycles. The van der Waals surface area contributed by atoms with Crippen LogP contribution in [0, 0.1) is 5.92 Å². The Bertz CT molecular complexity index is 92.4. The van der Waals surface area contributed by atoms with Gasteiger partial charge in [0.1, 0.15) is 6.10 Å². The second kappa shape index (κ2) is 5.49. The highest BCUT2D eigenvalue weighted by Crippen LogP contribution is 2.10. The molecule has 0 saturated heterocycles. The smallest absolute Gasteiger partial charge is 0.103 e. The Morgan fingerprint density at radius 2 is 1.64 bits per heavy atom. The third-order valence-electron chi connectivity index (χ3n) is 1.82. The van der Waals surface area contributed by atoms with Crippen LogP contribution >= 0.6 is 0 Å². The summed E-state index contributed by atoms with van der Waals surface area (Å²) in [5.41, 5.74) is 0. The summed E-state index contributed by atoms with van der Waals surface area (Å²) in [4.78, 5) is 0. The lowest BCUT2D eigenvalue weighted by atomic mass is 9.96. The first kappa shape index (κ1) is 10.8. The predicted molar refractivity (Wildman–Crippen MR) is 40.0 cm³/mol. The van der Waals surface area contributed by atoms with Gasteiger partial charge in [0.25, 0.3) is 0 Å². The van der Waals surface area contributed by atoms with E-state index in [1.165, 1.54) is 0 Å². The van der Waals surface area contributed by atoms with Crippen molar-refractivity contribution < 1.29 is 20.4 Å². The van der Waals surface area contributed by atoms with Crippen LogP contribution < -0.4 is 0 Å². The molecule has 11 heavy (non-hydrogen) atoms. The molecule has 4 nitrogen and oxygen atoms in total. The maximum absolute atomic E-state index is 9.21. The normalized spacial score (nSPS) is 19.4. The van der Waals surface area contributed by atoms with Crippen LogP contribution in [0.2, 0.25) is 0 Å². The lowest BCUT2D eigenvalue weighted by molar-refractivity contribution is -0.0550. The minimum atomic E-state index is -1.15. The molecule has 0 fully saturated rings. The predicted octanol–water partition coefficient (Wildman–Crippen LogP) is -1.28. The molecule has 0 aliphatic carbocycles. The van der Waals surface area contributed by atoms with Crippen LogP contribution in [-0.4, -0.2) is 45.8 Å². The fourth-order valence-electron chi connectivity index (χ4n) is 0.901. The van der Waals surface area contributed by atoms with Gasteiger partial charge in [-0.2, -0.15) is 0 Å². The highest BCUT2D eigenvalue weighted by atomic mass is 16.4. The van der Waals surface area contributed by atoms with Gasteiger partial charge in [-0.15, -0.1) is 0 Å². The molecule has 4 heteroatoms. The van der Waals surface area contributed by atoms with Gasteiger partial charge in [0, 0.05) is 12.5 Å². The average Bonchev–Trinajstić information content (AvgIpc) is 2.05. The van der Waals surface area contributed by atoms with Crippen LogP contribution in [0.25, 0.3) is 0 Å². The zero-order valence-electron chi connectivity index (χ0n) is 6.64. The fourth-order valence-corrected chi connectivity index (χ4v) is 0.901. The Morgan fingerprint density at radius 3 is 1.91 bits per heavy atom. The van der Waals surface area contributed by atoms with Gasteiger partial charge in [-0.05, 0) is 6.42 Å². The molecule has 0 aromatic heterocycles. The summed E-state index contributed by atoms with van der Waals surface area (Å²) in [5.74, 6) is -0.350. The largest absolute Gasteiger partial charge is 0.396 e. The molecule has 4 N–H and O–H groups in total. The van der Waals surface area contributed by atoms with Gasteiger partial charge in [-0.25, -0.2) is 0 Å². The van der Waals surface area contributed by atoms with Crippen LogP contribution in [0.4, 0.5) is 0 Å². The van der Waals surface area contributed by atoms with E-state index in [9.17, 15) is 5.11 Å². The minimum absolute atomic E-state index is 0.172. The van der Waals surface area contributed by atoms with Crippen molar-refractivity contribution in [3.05, 3.63) is 0 Å². The van der Waals surface area contributed by atoms with Crippen molar-refractivity contribution in [1.29, 1.82) is 0 Å². The van der Waals surface area contributed by atoms with E-state index >= 15 is 0 Å². The molecule has 0 spiro atoms. The Labute approximate surface area is 66.1 Å². The van der Waals surface area contributed by atoms with E-state index in [2.05, 4.69) is 0 Å². The molecule has 0 heterocycles. The van der Waals surface area contributed by atoms with E-state index in [1.54, 1.807) is 6.92 Å². The number of hydrogen-bond acceptors (Lipinski definition) is 4. The van der Waals surface area contributed by atoms with Crippen LogP contribution in [0.15, 0.2) is 0 Å². The lowest BCUT2D eigenvalue weighted by Gasteiger charge is -2.22. The first-order valence-corrected chi connectivity index (χ1v) is 3.75. The van der Waals surface area contributed by atoms with E-state index in [0.29, 0.717) is 6.42 Å². The zero-order chi connectivity index (χ0) is 8.85. The maximum atomic E-state index is 9.21. The average molecular weight is 164 g/mol. The van der Waals surface area contributed by atoms with Crippen molar-refractivity contribution in [1.82, 2.24) is 0 Å².